The molecule has 0 spiro atoms. The molecule has 2 N–H and O–H groups in total. The Labute approximate surface area is 69.0 Å². The van der Waals surface area contributed by atoms with E-state index in [1.54, 1.807) is 13.3 Å². The number of nitrogens with one attached hydrogen (secondary N) is 2. The van der Waals surface area contributed by atoms with E-state index in [0.717, 1.165) is 0 Å². The number of rotatable bonds is 3. The van der Waals surface area contributed by atoms with Crippen LogP contribution in [0.15, 0.2) is 0 Å². The van der Waals surface area contributed by atoms with Gasteiger partial charge in [-0.25, -0.2) is 0 Å². The Morgan fingerprint density at radius 1 is 1.70 bits per heavy atom. The third-order valence-electron chi connectivity index (χ3n) is 0.902. The second-order valence-corrected chi connectivity index (χ2v) is 3.75. The van der Waals surface area contributed by atoms with Crippen LogP contribution in [-0.4, -0.2) is 34.9 Å². The van der Waals surface area contributed by atoms with Gasteiger partial charge >= 0.3 is 0 Å². The maximum Gasteiger partial charge on any atom is 0.166 e. The number of thiocarbonyl (C=S) groups is 1. The lowest BCUT2D eigenvalue weighted by Gasteiger charge is -2.04. The van der Waals surface area contributed by atoms with Crippen molar-refractivity contribution in [2.75, 3.05) is 25.6 Å². The molecule has 0 fully saturated rings. The van der Waals surface area contributed by atoms with E-state index in [4.69, 9.17) is 12.2 Å². The highest BCUT2D eigenvalue weighted by Gasteiger charge is 1.91. The van der Waals surface area contributed by atoms with E-state index in [-0.39, 0.29) is 0 Å². The predicted molar refractivity (Wildman–Crippen MR) is 48.6 cm³/mol. The van der Waals surface area contributed by atoms with Crippen LogP contribution in [-0.2, 0) is 10.8 Å². The molecule has 0 heterocycles. The fourth-order valence-electron chi connectivity index (χ4n) is 0.397. The zero-order valence-corrected chi connectivity index (χ0v) is 7.77. The monoisotopic (exact) mass is 180 g/mol. The van der Waals surface area contributed by atoms with Gasteiger partial charge in [-0.15, -0.1) is 0 Å². The van der Waals surface area contributed by atoms with Gasteiger partial charge in [0.05, 0.1) is 0 Å². The normalized spacial score (nSPS) is 12.2. The van der Waals surface area contributed by atoms with Crippen molar-refractivity contribution in [2.45, 2.75) is 0 Å². The van der Waals surface area contributed by atoms with Crippen molar-refractivity contribution in [1.29, 1.82) is 0 Å². The van der Waals surface area contributed by atoms with Crippen LogP contribution in [0.2, 0.25) is 0 Å². The summed E-state index contributed by atoms with van der Waals surface area (Å²) in [5.74, 6) is 0.641. The van der Waals surface area contributed by atoms with Crippen LogP contribution in [0.25, 0.3) is 0 Å². The Morgan fingerprint density at radius 3 is 2.70 bits per heavy atom. The molecule has 0 aromatic heterocycles. The minimum absolute atomic E-state index is 0.602. The summed E-state index contributed by atoms with van der Waals surface area (Å²) < 4.78 is 10.5. The third-order valence-corrected chi connectivity index (χ3v) is 2.03. The van der Waals surface area contributed by atoms with Crippen molar-refractivity contribution in [3.63, 3.8) is 0 Å². The smallest absolute Gasteiger partial charge is 0.166 e. The lowest BCUT2D eigenvalue weighted by Crippen LogP contribution is -2.34. The number of hydrogen-bond donors (Lipinski definition) is 2. The lowest BCUT2D eigenvalue weighted by atomic mass is 10.7. The van der Waals surface area contributed by atoms with Crippen LogP contribution in [0.4, 0.5) is 0 Å². The van der Waals surface area contributed by atoms with Gasteiger partial charge in [0.25, 0.3) is 0 Å². The summed E-state index contributed by atoms with van der Waals surface area (Å²) in [6, 6.07) is 0. The van der Waals surface area contributed by atoms with Crippen molar-refractivity contribution < 1.29 is 4.21 Å². The fourth-order valence-corrected chi connectivity index (χ4v) is 0.888. The van der Waals surface area contributed by atoms with E-state index in [1.165, 1.54) is 0 Å². The van der Waals surface area contributed by atoms with Crippen molar-refractivity contribution in [3.05, 3.63) is 0 Å². The van der Waals surface area contributed by atoms with E-state index in [2.05, 4.69) is 10.6 Å². The van der Waals surface area contributed by atoms with E-state index >= 15 is 0 Å². The van der Waals surface area contributed by atoms with E-state index in [1.807, 2.05) is 0 Å². The summed E-state index contributed by atoms with van der Waals surface area (Å²) >= 11 is 4.79. The average molecular weight is 180 g/mol. The molecule has 0 aromatic rings. The van der Waals surface area contributed by atoms with Gasteiger partial charge in [0.2, 0.25) is 0 Å². The van der Waals surface area contributed by atoms with Gasteiger partial charge < -0.3 is 10.6 Å². The summed E-state index contributed by atoms with van der Waals surface area (Å²) in [7, 11) is 1.01. The van der Waals surface area contributed by atoms with Crippen molar-refractivity contribution >= 4 is 28.1 Å². The molecule has 0 saturated carbocycles. The lowest BCUT2D eigenvalue weighted by molar-refractivity contribution is 0.685. The van der Waals surface area contributed by atoms with Gasteiger partial charge in [-0.3, -0.25) is 4.21 Å². The zero-order valence-electron chi connectivity index (χ0n) is 6.14. The van der Waals surface area contributed by atoms with Crippen molar-refractivity contribution in [1.82, 2.24) is 10.6 Å². The standard InChI is InChI=1S/C5H12N2OS2/c1-6-5(9)7-3-4-10(2)8/h3-4H2,1-2H3,(H2,6,7,9). The Balaban J connectivity index is 3.20. The van der Waals surface area contributed by atoms with Gasteiger partial charge in [-0.2, -0.15) is 0 Å². The molecular formula is C5H12N2OS2. The topological polar surface area (TPSA) is 41.1 Å². The molecule has 60 valence electrons. The minimum Gasteiger partial charge on any atom is -0.366 e. The fraction of sp³-hybridized carbons (Fsp3) is 0.800. The maximum atomic E-state index is 10.5. The van der Waals surface area contributed by atoms with Gasteiger partial charge in [-0.1, -0.05) is 0 Å². The molecule has 3 nitrogen and oxygen atoms in total. The Morgan fingerprint density at radius 2 is 2.30 bits per heavy atom. The molecule has 1 unspecified atom stereocenters. The molecule has 0 bridgehead atoms. The summed E-state index contributed by atoms with van der Waals surface area (Å²) in [6.07, 6.45) is 1.67. The average Bonchev–Trinajstić information content (AvgIpc) is 1.87. The molecule has 0 aliphatic carbocycles. The molecule has 10 heavy (non-hydrogen) atoms. The highest BCUT2D eigenvalue weighted by atomic mass is 32.2. The molecule has 0 aliphatic heterocycles. The van der Waals surface area contributed by atoms with E-state index < -0.39 is 10.8 Å². The predicted octanol–water partition coefficient (Wildman–Crippen LogP) is -0.541. The molecule has 0 saturated heterocycles. The third kappa shape index (κ3) is 5.97. The summed E-state index contributed by atoms with van der Waals surface area (Å²) in [5.41, 5.74) is 0. The van der Waals surface area contributed by atoms with Crippen LogP contribution in [0.1, 0.15) is 0 Å². The van der Waals surface area contributed by atoms with Gasteiger partial charge in [-0.05, 0) is 12.2 Å². The quantitative estimate of drug-likeness (QED) is 0.572. The zero-order chi connectivity index (χ0) is 7.98. The van der Waals surface area contributed by atoms with E-state index in [0.29, 0.717) is 17.4 Å². The largest absolute Gasteiger partial charge is 0.366 e. The molecule has 0 radical (unpaired) electrons. The first-order valence-electron chi connectivity index (χ1n) is 2.92. The summed E-state index contributed by atoms with van der Waals surface area (Å²) in [5, 5.41) is 6.25. The van der Waals surface area contributed by atoms with Crippen LogP contribution in [0.3, 0.4) is 0 Å². The molecule has 0 rings (SSSR count). The second-order valence-electron chi connectivity index (χ2n) is 1.78. The van der Waals surface area contributed by atoms with Crippen molar-refractivity contribution in [3.8, 4) is 0 Å². The first kappa shape index (κ1) is 9.84. The Kier molecular flexibility index (Phi) is 5.52. The van der Waals surface area contributed by atoms with Gasteiger partial charge in [0, 0.05) is 36.4 Å². The molecule has 0 amide bonds. The molecule has 0 aliphatic rings. The molecule has 1 atom stereocenters. The molecular weight excluding hydrogens is 168 g/mol. The Hall–Kier alpha value is -0.160. The number of hydrogen-bond acceptors (Lipinski definition) is 2. The highest BCUT2D eigenvalue weighted by Crippen LogP contribution is 1.71. The SMILES string of the molecule is CNC(=S)NCCS(C)=O. The molecule has 5 heteroatoms. The second kappa shape index (κ2) is 5.61. The Bertz CT molecular complexity index is 138. The van der Waals surface area contributed by atoms with Gasteiger partial charge in [0.1, 0.15) is 0 Å². The van der Waals surface area contributed by atoms with Gasteiger partial charge in [0.15, 0.2) is 5.11 Å². The summed E-state index contributed by atoms with van der Waals surface area (Å²) in [4.78, 5) is 0. The first-order valence-corrected chi connectivity index (χ1v) is 5.06. The van der Waals surface area contributed by atoms with Crippen LogP contribution in [0, 0.1) is 0 Å². The molecule has 0 aromatic carbocycles. The van der Waals surface area contributed by atoms with E-state index in [9.17, 15) is 4.21 Å². The minimum atomic E-state index is -0.734. The first-order chi connectivity index (χ1) is 4.66. The van der Waals surface area contributed by atoms with Crippen LogP contribution >= 0.6 is 12.2 Å². The van der Waals surface area contributed by atoms with Crippen molar-refractivity contribution in [2.24, 2.45) is 0 Å². The van der Waals surface area contributed by atoms with Crippen LogP contribution < -0.4 is 10.6 Å². The van der Waals surface area contributed by atoms with Crippen LogP contribution in [0.5, 0.6) is 0 Å². The highest BCUT2D eigenvalue weighted by molar-refractivity contribution is 7.84. The summed E-state index contributed by atoms with van der Waals surface area (Å²) in [6.45, 7) is 0.669. The maximum absolute atomic E-state index is 10.5.